The van der Waals surface area contributed by atoms with E-state index in [2.05, 4.69) is 51.4 Å². The maximum absolute atomic E-state index is 14.5. The Labute approximate surface area is 156 Å². The van der Waals surface area contributed by atoms with Crippen molar-refractivity contribution in [3.63, 3.8) is 0 Å². The third-order valence-corrected chi connectivity index (χ3v) is 5.36. The first-order valence-corrected chi connectivity index (χ1v) is 9.05. The van der Waals surface area contributed by atoms with E-state index in [0.717, 1.165) is 35.3 Å². The van der Waals surface area contributed by atoms with Crippen molar-refractivity contribution in [1.29, 1.82) is 0 Å². The van der Waals surface area contributed by atoms with Gasteiger partial charge in [0.25, 0.3) is 0 Å². The summed E-state index contributed by atoms with van der Waals surface area (Å²) in [7, 11) is 2.11. The molecule has 5 heteroatoms. The zero-order valence-electron chi connectivity index (χ0n) is 15.0. The molecule has 0 amide bonds. The number of likely N-dealkylation sites (N-methyl/N-ethyl adjacent to an activating group) is 1. The Balaban J connectivity index is 1.61. The third kappa shape index (κ3) is 2.80. The lowest BCUT2D eigenvalue weighted by Gasteiger charge is -2.33. The van der Waals surface area contributed by atoms with Crippen LogP contribution in [0.4, 0.5) is 4.39 Å². The SMILES string of the molecule is CN1Cc2cc(-c3cccnn3)ccc2C(c2cc(F)c3[nH]ccc3c2)C1. The Hall–Kier alpha value is -3.05. The molecule has 2 aromatic heterocycles. The molecule has 1 unspecified atom stereocenters. The van der Waals surface area contributed by atoms with Gasteiger partial charge in [-0.1, -0.05) is 12.1 Å². The summed E-state index contributed by atoms with van der Waals surface area (Å²) in [5.74, 6) is -0.0538. The molecule has 0 spiro atoms. The number of fused-ring (bicyclic) bond motifs is 2. The van der Waals surface area contributed by atoms with E-state index in [0.29, 0.717) is 5.52 Å². The molecule has 134 valence electrons. The lowest BCUT2D eigenvalue weighted by atomic mass is 9.83. The molecule has 0 radical (unpaired) electrons. The monoisotopic (exact) mass is 358 g/mol. The second-order valence-electron chi connectivity index (χ2n) is 7.22. The van der Waals surface area contributed by atoms with Gasteiger partial charge in [-0.25, -0.2) is 4.39 Å². The number of rotatable bonds is 2. The molecule has 4 aromatic rings. The molecular formula is C22H19FN4. The van der Waals surface area contributed by atoms with E-state index in [1.807, 2.05) is 18.2 Å². The van der Waals surface area contributed by atoms with Crippen LogP contribution in [0, 0.1) is 5.82 Å². The van der Waals surface area contributed by atoms with Gasteiger partial charge in [0, 0.05) is 42.4 Å². The van der Waals surface area contributed by atoms with Crippen LogP contribution in [0.5, 0.6) is 0 Å². The van der Waals surface area contributed by atoms with Crippen molar-refractivity contribution in [2.24, 2.45) is 0 Å². The van der Waals surface area contributed by atoms with Crippen LogP contribution in [0.2, 0.25) is 0 Å². The standard InChI is InChI=1S/C22H19FN4/c1-27-12-17-9-14(21-3-2-7-25-26-21)4-5-18(17)19(13-27)16-10-15-6-8-24-22(15)20(23)11-16/h2-11,19,24H,12-13H2,1H3. The molecule has 1 N–H and O–H groups in total. The molecule has 4 nitrogen and oxygen atoms in total. The van der Waals surface area contributed by atoms with Crippen molar-refractivity contribution in [3.05, 3.63) is 83.4 Å². The fourth-order valence-corrected chi connectivity index (χ4v) is 4.10. The average Bonchev–Trinajstić information content (AvgIpc) is 3.17. The van der Waals surface area contributed by atoms with Gasteiger partial charge in [0.15, 0.2) is 0 Å². The normalized spacial score (nSPS) is 17.2. The van der Waals surface area contributed by atoms with Gasteiger partial charge in [-0.15, -0.1) is 0 Å². The Morgan fingerprint density at radius 3 is 2.93 bits per heavy atom. The molecule has 1 aliphatic rings. The summed E-state index contributed by atoms with van der Waals surface area (Å²) in [6.07, 6.45) is 3.46. The molecule has 0 fully saturated rings. The number of nitrogens with zero attached hydrogens (tertiary/aromatic N) is 3. The predicted molar refractivity (Wildman–Crippen MR) is 104 cm³/mol. The molecule has 5 rings (SSSR count). The molecule has 3 heterocycles. The van der Waals surface area contributed by atoms with Gasteiger partial charge in [0.2, 0.25) is 0 Å². The molecule has 0 saturated heterocycles. The number of aromatic nitrogens is 3. The van der Waals surface area contributed by atoms with E-state index in [4.69, 9.17) is 0 Å². The highest BCUT2D eigenvalue weighted by Crippen LogP contribution is 2.36. The number of hydrogen-bond donors (Lipinski definition) is 1. The summed E-state index contributed by atoms with van der Waals surface area (Å²) < 4.78 is 14.5. The molecule has 1 aliphatic heterocycles. The summed E-state index contributed by atoms with van der Waals surface area (Å²) in [5, 5.41) is 9.11. The largest absolute Gasteiger partial charge is 0.359 e. The summed E-state index contributed by atoms with van der Waals surface area (Å²) in [6.45, 7) is 1.74. The van der Waals surface area contributed by atoms with E-state index in [-0.39, 0.29) is 11.7 Å². The van der Waals surface area contributed by atoms with Gasteiger partial charge in [-0.3, -0.25) is 0 Å². The van der Waals surface area contributed by atoms with Crippen molar-refractivity contribution >= 4 is 10.9 Å². The van der Waals surface area contributed by atoms with Gasteiger partial charge < -0.3 is 9.88 Å². The minimum absolute atomic E-state index is 0.142. The summed E-state index contributed by atoms with van der Waals surface area (Å²) in [5.41, 5.74) is 6.02. The number of aromatic amines is 1. The second-order valence-corrected chi connectivity index (χ2v) is 7.22. The van der Waals surface area contributed by atoms with Crippen LogP contribution in [0.3, 0.4) is 0 Å². The molecule has 0 aliphatic carbocycles. The summed E-state index contributed by atoms with van der Waals surface area (Å²) in [4.78, 5) is 5.26. The first-order valence-electron chi connectivity index (χ1n) is 9.05. The molecule has 0 saturated carbocycles. The summed E-state index contributed by atoms with van der Waals surface area (Å²) >= 11 is 0. The zero-order valence-corrected chi connectivity index (χ0v) is 15.0. The van der Waals surface area contributed by atoms with Crippen LogP contribution in [-0.2, 0) is 6.54 Å². The van der Waals surface area contributed by atoms with E-state index >= 15 is 0 Å². The topological polar surface area (TPSA) is 44.8 Å². The first kappa shape index (κ1) is 16.1. The highest BCUT2D eigenvalue weighted by Gasteiger charge is 2.26. The lowest BCUT2D eigenvalue weighted by molar-refractivity contribution is 0.295. The van der Waals surface area contributed by atoms with Crippen LogP contribution < -0.4 is 0 Å². The van der Waals surface area contributed by atoms with Crippen molar-refractivity contribution < 1.29 is 4.39 Å². The highest BCUT2D eigenvalue weighted by atomic mass is 19.1. The fourth-order valence-electron chi connectivity index (χ4n) is 4.10. The van der Waals surface area contributed by atoms with Crippen LogP contribution in [0.1, 0.15) is 22.6 Å². The molecular weight excluding hydrogens is 339 g/mol. The minimum atomic E-state index is -0.196. The summed E-state index contributed by atoms with van der Waals surface area (Å²) in [6, 6.07) is 16.0. The number of nitrogens with one attached hydrogen (secondary N) is 1. The Kier molecular flexibility index (Phi) is 3.76. The fraction of sp³-hybridized carbons (Fsp3) is 0.182. The average molecular weight is 358 g/mol. The molecule has 1 atom stereocenters. The second kappa shape index (κ2) is 6.28. The maximum Gasteiger partial charge on any atom is 0.147 e. The molecule has 0 bridgehead atoms. The van der Waals surface area contributed by atoms with Gasteiger partial charge in [-0.05, 0) is 60.1 Å². The van der Waals surface area contributed by atoms with E-state index in [9.17, 15) is 4.39 Å². The number of benzene rings is 2. The lowest BCUT2D eigenvalue weighted by Crippen LogP contribution is -2.31. The van der Waals surface area contributed by atoms with Crippen molar-refractivity contribution in [1.82, 2.24) is 20.1 Å². The van der Waals surface area contributed by atoms with E-state index in [1.165, 1.54) is 11.1 Å². The van der Waals surface area contributed by atoms with Gasteiger partial charge >= 0.3 is 0 Å². The molecule has 2 aromatic carbocycles. The van der Waals surface area contributed by atoms with Crippen LogP contribution in [0.15, 0.2) is 60.9 Å². The smallest absolute Gasteiger partial charge is 0.147 e. The Morgan fingerprint density at radius 1 is 1.15 bits per heavy atom. The van der Waals surface area contributed by atoms with Gasteiger partial charge in [0.1, 0.15) is 5.82 Å². The van der Waals surface area contributed by atoms with Crippen LogP contribution in [-0.4, -0.2) is 33.7 Å². The van der Waals surface area contributed by atoms with Gasteiger partial charge in [0.05, 0.1) is 11.2 Å². The predicted octanol–water partition coefficient (Wildman–Crippen LogP) is 4.34. The first-order chi connectivity index (χ1) is 13.2. The quantitative estimate of drug-likeness (QED) is 0.580. The van der Waals surface area contributed by atoms with E-state index in [1.54, 1.807) is 18.5 Å². The van der Waals surface area contributed by atoms with Crippen LogP contribution >= 0.6 is 0 Å². The minimum Gasteiger partial charge on any atom is -0.359 e. The highest BCUT2D eigenvalue weighted by molar-refractivity contribution is 5.81. The van der Waals surface area contributed by atoms with Crippen LogP contribution in [0.25, 0.3) is 22.2 Å². The van der Waals surface area contributed by atoms with Crippen molar-refractivity contribution in [2.75, 3.05) is 13.6 Å². The van der Waals surface area contributed by atoms with E-state index < -0.39 is 0 Å². The third-order valence-electron chi connectivity index (χ3n) is 5.36. The maximum atomic E-state index is 14.5. The van der Waals surface area contributed by atoms with Crippen molar-refractivity contribution in [3.8, 4) is 11.3 Å². The number of halogens is 1. The molecule has 27 heavy (non-hydrogen) atoms. The van der Waals surface area contributed by atoms with Gasteiger partial charge in [-0.2, -0.15) is 10.2 Å². The Morgan fingerprint density at radius 2 is 2.07 bits per heavy atom. The van der Waals surface area contributed by atoms with Crippen molar-refractivity contribution in [2.45, 2.75) is 12.5 Å². The number of hydrogen-bond acceptors (Lipinski definition) is 3. The number of H-pyrrole nitrogens is 1. The Bertz CT molecular complexity index is 1120. The zero-order chi connectivity index (χ0) is 18.4.